The predicted octanol–water partition coefficient (Wildman–Crippen LogP) is 5.29. The molecule has 0 radical (unpaired) electrons. The third kappa shape index (κ3) is 6.56. The van der Waals surface area contributed by atoms with Crippen molar-refractivity contribution in [1.82, 2.24) is 9.29 Å². The number of carbonyl (C=O) groups excluding carboxylic acids is 2. The van der Waals surface area contributed by atoms with Gasteiger partial charge in [0, 0.05) is 34.0 Å². The predicted molar refractivity (Wildman–Crippen MR) is 163 cm³/mol. The first-order valence-electron chi connectivity index (χ1n) is 14.0. The van der Waals surface area contributed by atoms with Gasteiger partial charge in [0.2, 0.25) is 0 Å². The molecule has 0 atom stereocenters. The summed E-state index contributed by atoms with van der Waals surface area (Å²) in [5.41, 5.74) is 2.91. The molecule has 1 heterocycles. The molecule has 2 amide bonds. The Hall–Kier alpha value is -4.64. The van der Waals surface area contributed by atoms with Crippen LogP contribution in [0.4, 0.5) is 10.5 Å². The van der Waals surface area contributed by atoms with E-state index in [0.29, 0.717) is 39.2 Å². The molecule has 11 heteroatoms. The van der Waals surface area contributed by atoms with Gasteiger partial charge in [-0.25, -0.2) is 17.9 Å². The van der Waals surface area contributed by atoms with Gasteiger partial charge in [-0.05, 0) is 81.5 Å². The van der Waals surface area contributed by atoms with Crippen molar-refractivity contribution in [2.24, 2.45) is 0 Å². The topological polar surface area (TPSA) is 133 Å². The van der Waals surface area contributed by atoms with E-state index < -0.39 is 22.0 Å². The number of amides is 2. The summed E-state index contributed by atoms with van der Waals surface area (Å²) in [5, 5.41) is 3.24. The van der Waals surface area contributed by atoms with Crippen molar-refractivity contribution in [2.75, 3.05) is 12.4 Å². The first-order valence-corrected chi connectivity index (χ1v) is 15.5. The minimum atomic E-state index is -4.08. The number of anilines is 1. The molecule has 1 fully saturated rings. The highest BCUT2D eigenvalue weighted by Crippen LogP contribution is 2.26. The quantitative estimate of drug-likeness (QED) is 0.280. The van der Waals surface area contributed by atoms with Gasteiger partial charge in [-0.3, -0.25) is 14.9 Å². The van der Waals surface area contributed by atoms with E-state index in [-0.39, 0.29) is 28.5 Å². The summed E-state index contributed by atoms with van der Waals surface area (Å²) < 4.78 is 40.8. The largest absolute Gasteiger partial charge is 0.496 e. The number of sulfonamides is 1. The molecule has 1 aromatic heterocycles. The summed E-state index contributed by atoms with van der Waals surface area (Å²) in [5.74, 6) is -0.431. The minimum Gasteiger partial charge on any atom is -0.496 e. The minimum absolute atomic E-state index is 0.0215. The number of ether oxygens (including phenoxy) is 2. The van der Waals surface area contributed by atoms with E-state index >= 15 is 0 Å². The van der Waals surface area contributed by atoms with Crippen molar-refractivity contribution in [3.05, 3.63) is 99.3 Å². The van der Waals surface area contributed by atoms with Crippen LogP contribution in [0, 0.1) is 13.8 Å². The van der Waals surface area contributed by atoms with E-state index in [1.165, 1.54) is 31.4 Å². The van der Waals surface area contributed by atoms with E-state index in [1.807, 2.05) is 4.57 Å². The molecular formula is C32H33N3O7S. The van der Waals surface area contributed by atoms with Gasteiger partial charge in [0.1, 0.15) is 11.9 Å². The molecule has 1 aliphatic carbocycles. The average Bonchev–Trinajstić information content (AvgIpc) is 3.48. The van der Waals surface area contributed by atoms with Gasteiger partial charge >= 0.3 is 6.09 Å². The Bertz CT molecular complexity index is 1880. The van der Waals surface area contributed by atoms with Crippen LogP contribution in [0.5, 0.6) is 5.75 Å². The van der Waals surface area contributed by atoms with Crippen molar-refractivity contribution in [3.63, 3.8) is 0 Å². The molecule has 0 spiro atoms. The number of hydrogen-bond donors (Lipinski definition) is 2. The van der Waals surface area contributed by atoms with Gasteiger partial charge in [-0.15, -0.1) is 0 Å². The first kappa shape index (κ1) is 29.8. The lowest BCUT2D eigenvalue weighted by molar-refractivity contribution is 0.0980. The van der Waals surface area contributed by atoms with Crippen LogP contribution in [-0.2, 0) is 21.3 Å². The Morgan fingerprint density at radius 1 is 0.977 bits per heavy atom. The third-order valence-electron chi connectivity index (χ3n) is 7.63. The van der Waals surface area contributed by atoms with Crippen molar-refractivity contribution in [1.29, 1.82) is 0 Å². The fraction of sp³-hybridized carbons (Fsp3) is 0.281. The number of aromatic nitrogens is 1. The molecule has 5 rings (SSSR count). The highest BCUT2D eigenvalue weighted by atomic mass is 32.2. The molecule has 1 aliphatic rings. The Morgan fingerprint density at radius 2 is 1.72 bits per heavy atom. The summed E-state index contributed by atoms with van der Waals surface area (Å²) in [6.07, 6.45) is 3.18. The van der Waals surface area contributed by atoms with Gasteiger partial charge in [-0.1, -0.05) is 24.3 Å². The zero-order chi connectivity index (χ0) is 30.7. The molecule has 43 heavy (non-hydrogen) atoms. The van der Waals surface area contributed by atoms with Crippen LogP contribution in [0.25, 0.3) is 10.9 Å². The van der Waals surface area contributed by atoms with Crippen molar-refractivity contribution < 1.29 is 27.5 Å². The summed E-state index contributed by atoms with van der Waals surface area (Å²) in [6.45, 7) is 3.73. The number of nitrogens with one attached hydrogen (secondary N) is 2. The molecule has 0 unspecified atom stereocenters. The maximum Gasteiger partial charge on any atom is 0.411 e. The van der Waals surface area contributed by atoms with E-state index in [9.17, 15) is 22.8 Å². The Kier molecular flexibility index (Phi) is 8.54. The highest BCUT2D eigenvalue weighted by Gasteiger charge is 2.22. The number of hydrogen-bond acceptors (Lipinski definition) is 7. The number of rotatable bonds is 8. The van der Waals surface area contributed by atoms with Gasteiger partial charge < -0.3 is 14.0 Å². The zero-order valence-corrected chi connectivity index (χ0v) is 25.0. The molecular weight excluding hydrogens is 570 g/mol. The lowest BCUT2D eigenvalue weighted by Gasteiger charge is -2.18. The SMILES string of the molecule is COc1cc(C(=O)NS(=O)(=O)c2ccccc2C)ccc1Cn1c(C)cc(=O)c2ccc(NC(=O)OC3CCCC3)cc21. The number of aryl methyl sites for hydroxylation is 2. The van der Waals surface area contributed by atoms with Crippen molar-refractivity contribution in [3.8, 4) is 5.75 Å². The standard InChI is InChI=1S/C32H33N3O7S/c1-20-8-4-7-11-30(20)43(39,40)34-31(37)22-12-13-23(29(17-22)41-3)19-35-21(2)16-28(36)26-15-14-24(18-27(26)35)33-32(38)42-25-9-5-6-10-25/h4,7-8,11-18,25H,5-6,9-10,19H2,1-3H3,(H,33,38)(H,34,37). The van der Waals surface area contributed by atoms with Crippen LogP contribution in [0.1, 0.15) is 52.9 Å². The lowest BCUT2D eigenvalue weighted by atomic mass is 10.1. The Balaban J connectivity index is 1.41. The summed E-state index contributed by atoms with van der Waals surface area (Å²) in [6, 6.07) is 17.7. The van der Waals surface area contributed by atoms with E-state index in [2.05, 4.69) is 10.0 Å². The van der Waals surface area contributed by atoms with Gasteiger partial charge in [0.25, 0.3) is 15.9 Å². The van der Waals surface area contributed by atoms with Crippen LogP contribution in [0.15, 0.2) is 76.4 Å². The molecule has 224 valence electrons. The van der Waals surface area contributed by atoms with Gasteiger partial charge in [0.05, 0.1) is 24.1 Å². The number of benzene rings is 3. The van der Waals surface area contributed by atoms with Gasteiger partial charge in [-0.2, -0.15) is 0 Å². The van der Waals surface area contributed by atoms with E-state index in [0.717, 1.165) is 25.7 Å². The summed E-state index contributed by atoms with van der Waals surface area (Å²) >= 11 is 0. The van der Waals surface area contributed by atoms with Crippen molar-refractivity contribution in [2.45, 2.75) is 57.1 Å². The maximum atomic E-state index is 13.0. The average molecular weight is 604 g/mol. The molecule has 0 aliphatic heterocycles. The monoisotopic (exact) mass is 603 g/mol. The molecule has 10 nitrogen and oxygen atoms in total. The highest BCUT2D eigenvalue weighted by molar-refractivity contribution is 7.90. The number of nitrogens with zero attached hydrogens (tertiary/aromatic N) is 1. The second-order valence-corrected chi connectivity index (χ2v) is 12.3. The molecule has 2 N–H and O–H groups in total. The van der Waals surface area contributed by atoms with E-state index in [4.69, 9.17) is 9.47 Å². The second-order valence-electron chi connectivity index (χ2n) is 10.6. The molecule has 3 aromatic carbocycles. The normalized spacial score (nSPS) is 13.6. The van der Waals surface area contributed by atoms with Crippen LogP contribution in [0.2, 0.25) is 0 Å². The Morgan fingerprint density at radius 3 is 2.44 bits per heavy atom. The number of methoxy groups -OCH3 is 1. The maximum absolute atomic E-state index is 13.0. The number of fused-ring (bicyclic) bond motifs is 1. The van der Waals surface area contributed by atoms with Crippen LogP contribution < -0.4 is 20.2 Å². The Labute approximate surface area is 249 Å². The van der Waals surface area contributed by atoms with Crippen LogP contribution >= 0.6 is 0 Å². The first-order chi connectivity index (χ1) is 20.6. The molecule has 0 saturated heterocycles. The zero-order valence-electron chi connectivity index (χ0n) is 24.2. The molecule has 4 aromatic rings. The number of carbonyl (C=O) groups is 2. The second kappa shape index (κ2) is 12.3. The number of pyridine rings is 1. The fourth-order valence-electron chi connectivity index (χ4n) is 5.37. The van der Waals surface area contributed by atoms with Crippen LogP contribution in [-0.4, -0.2) is 38.2 Å². The fourth-order valence-corrected chi connectivity index (χ4v) is 6.59. The molecule has 0 bridgehead atoms. The van der Waals surface area contributed by atoms with Gasteiger partial charge in [0.15, 0.2) is 5.43 Å². The summed E-state index contributed by atoms with van der Waals surface area (Å²) in [4.78, 5) is 38.3. The summed E-state index contributed by atoms with van der Waals surface area (Å²) in [7, 11) is -2.63. The third-order valence-corrected chi connectivity index (χ3v) is 9.12. The van der Waals surface area contributed by atoms with Crippen LogP contribution in [0.3, 0.4) is 0 Å². The van der Waals surface area contributed by atoms with E-state index in [1.54, 1.807) is 56.3 Å². The smallest absolute Gasteiger partial charge is 0.411 e. The lowest BCUT2D eigenvalue weighted by Crippen LogP contribution is -2.31. The molecule has 1 saturated carbocycles. The van der Waals surface area contributed by atoms with Crippen molar-refractivity contribution >= 4 is 38.6 Å².